The zero-order chi connectivity index (χ0) is 11.0. The van der Waals surface area contributed by atoms with Crippen LogP contribution >= 0.6 is 0 Å². The maximum absolute atomic E-state index is 10.6. The number of non-ortho nitro benzene ring substituents is 1. The molecule has 0 fully saturated rings. The third-order valence-electron chi connectivity index (χ3n) is 2.54. The first-order valence-electron chi connectivity index (χ1n) is 4.77. The van der Waals surface area contributed by atoms with Crippen LogP contribution in [0.15, 0.2) is 18.2 Å². The molecule has 1 aliphatic heterocycles. The summed E-state index contributed by atoms with van der Waals surface area (Å²) in [5, 5.41) is 10.6. The van der Waals surface area contributed by atoms with Crippen LogP contribution in [0.4, 0.5) is 5.69 Å². The van der Waals surface area contributed by atoms with Crippen LogP contribution in [0.3, 0.4) is 0 Å². The van der Waals surface area contributed by atoms with Crippen molar-refractivity contribution in [3.63, 3.8) is 0 Å². The van der Waals surface area contributed by atoms with E-state index in [9.17, 15) is 10.1 Å². The molecule has 0 amide bonds. The van der Waals surface area contributed by atoms with E-state index < -0.39 is 4.92 Å². The van der Waals surface area contributed by atoms with Crippen LogP contribution in [0.5, 0.6) is 5.75 Å². The van der Waals surface area contributed by atoms with Crippen molar-refractivity contribution < 1.29 is 9.66 Å². The van der Waals surface area contributed by atoms with Gasteiger partial charge in [-0.25, -0.2) is 0 Å². The van der Waals surface area contributed by atoms with E-state index in [0.29, 0.717) is 12.2 Å². The number of nitro benzene ring substituents is 1. The topological polar surface area (TPSA) is 78.4 Å². The van der Waals surface area contributed by atoms with E-state index in [4.69, 9.17) is 10.5 Å². The highest BCUT2D eigenvalue weighted by molar-refractivity contribution is 5.46. The van der Waals surface area contributed by atoms with E-state index in [0.717, 1.165) is 5.56 Å². The van der Waals surface area contributed by atoms with E-state index in [1.54, 1.807) is 12.1 Å². The van der Waals surface area contributed by atoms with Crippen LogP contribution in [0, 0.1) is 10.1 Å². The average Bonchev–Trinajstić information content (AvgIpc) is 2.59. The van der Waals surface area contributed by atoms with Gasteiger partial charge in [0, 0.05) is 30.2 Å². The molecule has 1 aliphatic rings. The van der Waals surface area contributed by atoms with Crippen LogP contribution in [0.1, 0.15) is 12.5 Å². The minimum absolute atomic E-state index is 0.0676. The zero-order valence-corrected chi connectivity index (χ0v) is 8.34. The molecule has 0 saturated heterocycles. The first-order chi connectivity index (χ1) is 7.08. The Labute approximate surface area is 87.0 Å². The SMILES string of the molecule is CC(N)C1Cc2cc([N+](=O)[O-])ccc2O1. The number of hydrogen-bond acceptors (Lipinski definition) is 4. The van der Waals surface area contributed by atoms with Gasteiger partial charge >= 0.3 is 0 Å². The van der Waals surface area contributed by atoms with Crippen molar-refractivity contribution in [1.82, 2.24) is 0 Å². The molecule has 1 heterocycles. The lowest BCUT2D eigenvalue weighted by molar-refractivity contribution is -0.384. The fourth-order valence-corrected chi connectivity index (χ4v) is 1.67. The second-order valence-corrected chi connectivity index (χ2v) is 3.77. The summed E-state index contributed by atoms with van der Waals surface area (Å²) in [6.07, 6.45) is 0.580. The van der Waals surface area contributed by atoms with Gasteiger partial charge in [-0.1, -0.05) is 0 Å². The molecule has 0 aliphatic carbocycles. The van der Waals surface area contributed by atoms with Crippen LogP contribution < -0.4 is 10.5 Å². The molecule has 0 saturated carbocycles. The first kappa shape index (κ1) is 9.92. The molecule has 0 spiro atoms. The minimum Gasteiger partial charge on any atom is -0.488 e. The number of nitro groups is 1. The van der Waals surface area contributed by atoms with Gasteiger partial charge in [-0.3, -0.25) is 10.1 Å². The van der Waals surface area contributed by atoms with Crippen molar-refractivity contribution in [3.05, 3.63) is 33.9 Å². The fourth-order valence-electron chi connectivity index (χ4n) is 1.67. The lowest BCUT2D eigenvalue weighted by atomic mass is 10.1. The van der Waals surface area contributed by atoms with Gasteiger partial charge in [0.15, 0.2) is 0 Å². The predicted octanol–water partition coefficient (Wildman–Crippen LogP) is 1.25. The molecular weight excluding hydrogens is 196 g/mol. The Morgan fingerprint density at radius 2 is 2.40 bits per heavy atom. The Morgan fingerprint density at radius 1 is 1.67 bits per heavy atom. The molecule has 0 aromatic heterocycles. The highest BCUT2D eigenvalue weighted by atomic mass is 16.6. The number of nitrogens with zero attached hydrogens (tertiary/aromatic N) is 1. The second kappa shape index (κ2) is 3.51. The summed E-state index contributed by atoms with van der Waals surface area (Å²) in [5.74, 6) is 0.711. The van der Waals surface area contributed by atoms with Crippen molar-refractivity contribution in [1.29, 1.82) is 0 Å². The Bertz CT molecular complexity index is 404. The molecule has 2 N–H and O–H groups in total. The quantitative estimate of drug-likeness (QED) is 0.586. The number of nitrogens with two attached hydrogens (primary N) is 1. The van der Waals surface area contributed by atoms with Crippen molar-refractivity contribution in [2.45, 2.75) is 25.5 Å². The second-order valence-electron chi connectivity index (χ2n) is 3.77. The van der Waals surface area contributed by atoms with Gasteiger partial charge in [-0.05, 0) is 13.0 Å². The summed E-state index contributed by atoms with van der Waals surface area (Å²) in [7, 11) is 0. The van der Waals surface area contributed by atoms with Gasteiger partial charge in [-0.15, -0.1) is 0 Å². The third kappa shape index (κ3) is 1.78. The van der Waals surface area contributed by atoms with Gasteiger partial charge in [0.1, 0.15) is 11.9 Å². The molecule has 1 aromatic carbocycles. The summed E-state index contributed by atoms with van der Waals surface area (Å²) in [6, 6.07) is 4.56. The van der Waals surface area contributed by atoms with E-state index in [-0.39, 0.29) is 17.8 Å². The third-order valence-corrected chi connectivity index (χ3v) is 2.54. The van der Waals surface area contributed by atoms with Crippen LogP contribution in [-0.4, -0.2) is 17.1 Å². The van der Waals surface area contributed by atoms with Crippen LogP contribution in [0.25, 0.3) is 0 Å². The highest BCUT2D eigenvalue weighted by Gasteiger charge is 2.27. The van der Waals surface area contributed by atoms with Gasteiger partial charge in [0.25, 0.3) is 5.69 Å². The molecule has 15 heavy (non-hydrogen) atoms. The highest BCUT2D eigenvalue weighted by Crippen LogP contribution is 2.32. The average molecular weight is 208 g/mol. The van der Waals surface area contributed by atoms with E-state index in [1.165, 1.54) is 6.07 Å². The lowest BCUT2D eigenvalue weighted by Crippen LogP contribution is -2.34. The largest absolute Gasteiger partial charge is 0.488 e. The maximum Gasteiger partial charge on any atom is 0.269 e. The molecule has 2 atom stereocenters. The summed E-state index contributed by atoms with van der Waals surface area (Å²) in [6.45, 7) is 1.87. The van der Waals surface area contributed by atoms with Crippen LogP contribution in [-0.2, 0) is 6.42 Å². The van der Waals surface area contributed by atoms with Crippen molar-refractivity contribution >= 4 is 5.69 Å². The van der Waals surface area contributed by atoms with Crippen molar-refractivity contribution in [3.8, 4) is 5.75 Å². The van der Waals surface area contributed by atoms with E-state index in [1.807, 2.05) is 6.92 Å². The molecule has 0 bridgehead atoms. The Hall–Kier alpha value is -1.62. The normalized spacial score (nSPS) is 20.5. The number of fused-ring (bicyclic) bond motifs is 1. The van der Waals surface area contributed by atoms with E-state index in [2.05, 4.69) is 0 Å². The molecular formula is C10H12N2O3. The summed E-state index contributed by atoms with van der Waals surface area (Å²) < 4.78 is 5.56. The summed E-state index contributed by atoms with van der Waals surface area (Å²) >= 11 is 0. The monoisotopic (exact) mass is 208 g/mol. The smallest absolute Gasteiger partial charge is 0.269 e. The standard InChI is InChI=1S/C10H12N2O3/c1-6(11)10-5-7-4-8(12(13)14)2-3-9(7)15-10/h2-4,6,10H,5,11H2,1H3. The molecule has 5 heteroatoms. The van der Waals surface area contributed by atoms with Gasteiger partial charge in [0.05, 0.1) is 4.92 Å². The molecule has 1 aromatic rings. The van der Waals surface area contributed by atoms with Crippen molar-refractivity contribution in [2.24, 2.45) is 5.73 Å². The lowest BCUT2D eigenvalue weighted by Gasteiger charge is -2.13. The van der Waals surface area contributed by atoms with Crippen molar-refractivity contribution in [2.75, 3.05) is 0 Å². The number of hydrogen-bond donors (Lipinski definition) is 1. The number of benzene rings is 1. The van der Waals surface area contributed by atoms with Gasteiger partial charge in [0.2, 0.25) is 0 Å². The molecule has 5 nitrogen and oxygen atoms in total. The van der Waals surface area contributed by atoms with Crippen LogP contribution in [0.2, 0.25) is 0 Å². The summed E-state index contributed by atoms with van der Waals surface area (Å²) in [5.41, 5.74) is 6.68. The van der Waals surface area contributed by atoms with E-state index >= 15 is 0 Å². The molecule has 80 valence electrons. The fraction of sp³-hybridized carbons (Fsp3) is 0.400. The predicted molar refractivity (Wildman–Crippen MR) is 54.9 cm³/mol. The molecule has 0 radical (unpaired) electrons. The Kier molecular flexibility index (Phi) is 2.32. The molecule has 2 rings (SSSR count). The number of rotatable bonds is 2. The number of ether oxygens (including phenoxy) is 1. The van der Waals surface area contributed by atoms with Gasteiger partial charge in [-0.2, -0.15) is 0 Å². The maximum atomic E-state index is 10.6. The minimum atomic E-state index is -0.403. The molecule has 2 unspecified atom stereocenters. The Balaban J connectivity index is 2.27. The zero-order valence-electron chi connectivity index (χ0n) is 8.34. The Morgan fingerprint density at radius 3 is 3.00 bits per heavy atom. The summed E-state index contributed by atoms with van der Waals surface area (Å²) in [4.78, 5) is 10.2. The first-order valence-corrected chi connectivity index (χ1v) is 4.77. The van der Waals surface area contributed by atoms with Gasteiger partial charge < -0.3 is 10.5 Å².